The predicted octanol–water partition coefficient (Wildman–Crippen LogP) is 17.2. The molecule has 11 aromatic rings. The van der Waals surface area contributed by atoms with Crippen molar-refractivity contribution in [2.45, 2.75) is 38.5 Å². The highest BCUT2D eigenvalue weighted by Crippen LogP contribution is 2.54. The molecule has 0 saturated carbocycles. The van der Waals surface area contributed by atoms with E-state index in [2.05, 4.69) is 267 Å². The number of hydrogen-bond donors (Lipinski definition) is 0. The van der Waals surface area contributed by atoms with Gasteiger partial charge in [-0.15, -0.1) is 0 Å². The molecule has 0 N–H and O–H groups in total. The van der Waals surface area contributed by atoms with Crippen LogP contribution in [0.15, 0.2) is 231 Å². The minimum absolute atomic E-state index is 0.0615. The molecule has 0 fully saturated rings. The molecule has 5 heteroatoms. The molecule has 0 saturated heterocycles. The Morgan fingerprint density at radius 3 is 1.69 bits per heavy atom. The number of hydrogen-bond acceptors (Lipinski definition) is 4. The summed E-state index contributed by atoms with van der Waals surface area (Å²) in [5.41, 5.74) is 18.7. The molecule has 0 radical (unpaired) electrons. The van der Waals surface area contributed by atoms with E-state index in [9.17, 15) is 0 Å². The minimum Gasteiger partial charge on any atom is -0.457 e. The third-order valence-electron chi connectivity index (χ3n) is 15.0. The lowest BCUT2D eigenvalue weighted by molar-refractivity contribution is 0.483. The van der Waals surface area contributed by atoms with Crippen molar-refractivity contribution in [3.05, 3.63) is 253 Å². The van der Waals surface area contributed by atoms with E-state index in [4.69, 9.17) is 9.72 Å². The van der Waals surface area contributed by atoms with E-state index in [1.165, 1.54) is 66.7 Å². The van der Waals surface area contributed by atoms with Crippen LogP contribution in [0.2, 0.25) is 0 Å². The maximum Gasteiger partial charge on any atom is 0.137 e. The highest BCUT2D eigenvalue weighted by atomic mass is 16.5. The van der Waals surface area contributed by atoms with Gasteiger partial charge in [-0.3, -0.25) is 4.57 Å². The highest BCUT2D eigenvalue weighted by Gasteiger charge is 2.41. The molecule has 3 heterocycles. The molecule has 0 amide bonds. The Balaban J connectivity index is 0.905. The lowest BCUT2D eigenvalue weighted by Crippen LogP contribution is -2.24. The highest BCUT2D eigenvalue weighted by molar-refractivity contribution is 6.10. The normalized spacial score (nSPS) is 13.6. The van der Waals surface area contributed by atoms with Gasteiger partial charge in [0.25, 0.3) is 0 Å². The first-order valence-electron chi connectivity index (χ1n) is 24.6. The summed E-state index contributed by atoms with van der Waals surface area (Å²) in [6.45, 7) is 9.78. The minimum atomic E-state index is -0.342. The molecule has 0 atom stereocenters. The molecule has 5 nitrogen and oxygen atoms in total. The largest absolute Gasteiger partial charge is 0.457 e. The molecule has 342 valence electrons. The Kier molecular flexibility index (Phi) is 9.86. The number of aromatic nitrogens is 2. The van der Waals surface area contributed by atoms with E-state index in [0.717, 1.165) is 50.8 Å². The Morgan fingerprint density at radius 2 is 1.03 bits per heavy atom. The van der Waals surface area contributed by atoms with Crippen LogP contribution in [0, 0.1) is 0 Å². The van der Waals surface area contributed by atoms with Gasteiger partial charge >= 0.3 is 0 Å². The number of benzene rings is 9. The van der Waals surface area contributed by atoms with E-state index >= 15 is 0 Å². The molecular weight excluding hydrogens is 865 g/mol. The molecule has 0 unspecified atom stereocenters. The molecule has 9 aromatic carbocycles. The molecule has 0 spiro atoms. The van der Waals surface area contributed by atoms with Crippen molar-refractivity contribution in [2.75, 3.05) is 16.5 Å². The van der Waals surface area contributed by atoms with Crippen LogP contribution in [0.25, 0.3) is 61.0 Å². The fourth-order valence-electron chi connectivity index (χ4n) is 11.4. The zero-order valence-corrected chi connectivity index (χ0v) is 40.3. The summed E-state index contributed by atoms with van der Waals surface area (Å²) in [5, 5.41) is 2.32. The van der Waals surface area contributed by atoms with Crippen LogP contribution in [0.1, 0.15) is 49.9 Å². The third-order valence-corrected chi connectivity index (χ3v) is 15.0. The van der Waals surface area contributed by atoms with E-state index in [-0.39, 0.29) is 10.8 Å². The summed E-state index contributed by atoms with van der Waals surface area (Å²) in [5.74, 6) is 2.40. The van der Waals surface area contributed by atoms with E-state index < -0.39 is 0 Å². The summed E-state index contributed by atoms with van der Waals surface area (Å²) in [7, 11) is 0. The monoisotopic (exact) mass is 916 g/mol. The molecule has 2 aromatic heterocycles. The van der Waals surface area contributed by atoms with E-state index in [1.54, 1.807) is 0 Å². The Labute approximate surface area is 415 Å². The number of anilines is 4. The zero-order chi connectivity index (χ0) is 47.8. The first-order valence-corrected chi connectivity index (χ1v) is 24.6. The van der Waals surface area contributed by atoms with Crippen molar-refractivity contribution < 1.29 is 4.74 Å². The van der Waals surface area contributed by atoms with Crippen LogP contribution in [0.5, 0.6) is 11.5 Å². The first-order chi connectivity index (χ1) is 34.7. The molecule has 0 bridgehead atoms. The smallest absolute Gasteiger partial charge is 0.137 e. The number of fused-ring (bicyclic) bond motifs is 7. The molecular formula is C66H52N4O. The van der Waals surface area contributed by atoms with Gasteiger partial charge in [-0.25, -0.2) is 4.98 Å². The molecule has 2 aliphatic rings. The van der Waals surface area contributed by atoms with Crippen molar-refractivity contribution in [3.63, 3.8) is 0 Å². The van der Waals surface area contributed by atoms with Gasteiger partial charge in [-0.05, 0) is 111 Å². The van der Waals surface area contributed by atoms with Crippen LogP contribution in [0.3, 0.4) is 0 Å². The van der Waals surface area contributed by atoms with Gasteiger partial charge < -0.3 is 14.5 Å². The van der Waals surface area contributed by atoms with Gasteiger partial charge in [0.05, 0.1) is 28.1 Å². The summed E-state index contributed by atoms with van der Waals surface area (Å²) in [6, 6.07) is 81.1. The molecule has 13 rings (SSSR count). The van der Waals surface area contributed by atoms with Gasteiger partial charge in [-0.2, -0.15) is 0 Å². The predicted molar refractivity (Wildman–Crippen MR) is 294 cm³/mol. The maximum absolute atomic E-state index is 6.93. The Morgan fingerprint density at radius 1 is 0.479 bits per heavy atom. The number of ether oxygens (including phenoxy) is 1. The van der Waals surface area contributed by atoms with Crippen LogP contribution < -0.4 is 14.5 Å². The topological polar surface area (TPSA) is 33.5 Å². The standard InChI is InChI=1S/C66H52N4O/c1-65(2,3)46-37-38-67-63(40-46)70-61-39-47(66(4)57-29-13-11-25-53(57)54-26-12-14-30-58(54)66)33-35-55(61)56-36-34-50(42-62(56)70)71-49-24-17-23-48(41-49)68-43-69(60-32-16-15-31-59(60)68)64-51(44-19-7-5-8-20-44)27-18-28-52(64)45-21-9-6-10-22-45/h5-42H,43H2,1-4H3. The summed E-state index contributed by atoms with van der Waals surface area (Å²) in [4.78, 5) is 9.95. The van der Waals surface area contributed by atoms with Gasteiger partial charge in [-0.1, -0.05) is 178 Å². The summed E-state index contributed by atoms with van der Waals surface area (Å²) >= 11 is 0. The maximum atomic E-state index is 6.93. The second kappa shape index (κ2) is 16.5. The second-order valence-corrected chi connectivity index (χ2v) is 20.1. The molecule has 1 aliphatic carbocycles. The summed E-state index contributed by atoms with van der Waals surface area (Å²) < 4.78 is 9.27. The lowest BCUT2D eigenvalue weighted by atomic mass is 9.74. The lowest BCUT2D eigenvalue weighted by Gasteiger charge is -2.28. The zero-order valence-electron chi connectivity index (χ0n) is 40.3. The van der Waals surface area contributed by atoms with Gasteiger partial charge in [0, 0.05) is 51.3 Å². The average Bonchev–Trinajstić information content (AvgIpc) is 4.05. The number of rotatable bonds is 8. The van der Waals surface area contributed by atoms with Crippen LogP contribution >= 0.6 is 0 Å². The van der Waals surface area contributed by atoms with E-state index in [1.807, 2.05) is 6.20 Å². The van der Waals surface area contributed by atoms with Crippen molar-refractivity contribution >= 4 is 44.6 Å². The Bertz CT molecular complexity index is 3740. The SMILES string of the molecule is CC(C)(C)c1ccnc(-n2c3cc(Oc4cccc(N5CN(c6c(-c7ccccc7)cccc6-c6ccccc6)c6ccccc65)c4)ccc3c3ccc(C4(C)c5ccccc5-c5ccccc54)cc32)c1. The number of para-hydroxylation sites is 3. The van der Waals surface area contributed by atoms with Crippen molar-refractivity contribution in [2.24, 2.45) is 0 Å². The Hall–Kier alpha value is -8.67. The van der Waals surface area contributed by atoms with Gasteiger partial charge in [0.1, 0.15) is 24.0 Å². The third kappa shape index (κ3) is 6.94. The van der Waals surface area contributed by atoms with Gasteiger partial charge in [0.15, 0.2) is 0 Å². The quantitative estimate of drug-likeness (QED) is 0.152. The van der Waals surface area contributed by atoms with Gasteiger partial charge in [0.2, 0.25) is 0 Å². The fourth-order valence-corrected chi connectivity index (χ4v) is 11.4. The molecule has 71 heavy (non-hydrogen) atoms. The van der Waals surface area contributed by atoms with Crippen LogP contribution in [-0.2, 0) is 10.8 Å². The average molecular weight is 917 g/mol. The number of pyridine rings is 1. The fraction of sp³-hybridized carbons (Fsp3) is 0.106. The molecule has 1 aliphatic heterocycles. The van der Waals surface area contributed by atoms with Crippen molar-refractivity contribution in [1.82, 2.24) is 9.55 Å². The van der Waals surface area contributed by atoms with Crippen LogP contribution in [0.4, 0.5) is 22.7 Å². The van der Waals surface area contributed by atoms with Crippen molar-refractivity contribution in [3.8, 4) is 50.7 Å². The second-order valence-electron chi connectivity index (χ2n) is 20.1. The summed E-state index contributed by atoms with van der Waals surface area (Å²) in [6.07, 6.45) is 1.95. The van der Waals surface area contributed by atoms with Crippen LogP contribution in [-0.4, -0.2) is 16.2 Å². The van der Waals surface area contributed by atoms with Crippen molar-refractivity contribution in [1.29, 1.82) is 0 Å². The van der Waals surface area contributed by atoms with E-state index in [0.29, 0.717) is 6.67 Å². The number of nitrogens with zero attached hydrogens (tertiary/aromatic N) is 4. The first kappa shape index (κ1) is 42.4.